The van der Waals surface area contributed by atoms with E-state index in [0.29, 0.717) is 4.47 Å². The number of carbonyl (C=O) groups excluding carboxylic acids is 1. The Morgan fingerprint density at radius 3 is 2.65 bits per heavy atom. The molecular formula is C14H10BrFN2O4S. The van der Waals surface area contributed by atoms with Gasteiger partial charge in [-0.05, 0) is 37.4 Å². The Morgan fingerprint density at radius 2 is 1.96 bits per heavy atom. The van der Waals surface area contributed by atoms with Gasteiger partial charge in [0, 0.05) is 4.47 Å². The van der Waals surface area contributed by atoms with Gasteiger partial charge in [0.15, 0.2) is 5.75 Å². The molecule has 120 valence electrons. The first kappa shape index (κ1) is 15.9. The van der Waals surface area contributed by atoms with Crippen molar-refractivity contribution < 1.29 is 22.3 Å². The summed E-state index contributed by atoms with van der Waals surface area (Å²) < 4.78 is 45.9. The average molecular weight is 401 g/mol. The van der Waals surface area contributed by atoms with Crippen molar-refractivity contribution >= 4 is 37.5 Å². The van der Waals surface area contributed by atoms with Gasteiger partial charge in [0.05, 0.1) is 10.6 Å². The Morgan fingerprint density at radius 1 is 1.22 bits per heavy atom. The fourth-order valence-corrected chi connectivity index (χ4v) is 3.30. The van der Waals surface area contributed by atoms with Crippen LogP contribution in [0.25, 0.3) is 0 Å². The van der Waals surface area contributed by atoms with E-state index in [9.17, 15) is 17.6 Å². The number of carbonyl (C=O) groups is 1. The van der Waals surface area contributed by atoms with Crippen molar-refractivity contribution in [1.82, 2.24) is 4.72 Å². The molecule has 0 saturated heterocycles. The van der Waals surface area contributed by atoms with E-state index in [4.69, 9.17) is 4.74 Å². The first-order valence-electron chi connectivity index (χ1n) is 6.37. The molecule has 0 unspecified atom stereocenters. The number of anilines is 1. The number of halogens is 2. The van der Waals surface area contributed by atoms with Crippen LogP contribution in [0.5, 0.6) is 11.5 Å². The Balaban J connectivity index is 2.15. The first-order valence-corrected chi connectivity index (χ1v) is 8.65. The molecule has 0 fully saturated rings. The third-order valence-electron chi connectivity index (χ3n) is 3.24. The van der Waals surface area contributed by atoms with Gasteiger partial charge < -0.3 is 10.1 Å². The molecular weight excluding hydrogens is 391 g/mol. The summed E-state index contributed by atoms with van der Waals surface area (Å²) in [6.45, 7) is 0. The second-order valence-corrected chi connectivity index (χ2v) is 7.48. The lowest BCUT2D eigenvalue weighted by atomic mass is 10.2. The maximum atomic E-state index is 14.0. The average Bonchev–Trinajstić information content (AvgIpc) is 2.61. The van der Waals surface area contributed by atoms with Gasteiger partial charge in [0.2, 0.25) is 10.0 Å². The van der Waals surface area contributed by atoms with E-state index in [1.165, 1.54) is 31.3 Å². The summed E-state index contributed by atoms with van der Waals surface area (Å²) >= 11 is 3.13. The highest BCUT2D eigenvalue weighted by atomic mass is 79.9. The van der Waals surface area contributed by atoms with Crippen LogP contribution in [0.1, 0.15) is 10.4 Å². The highest BCUT2D eigenvalue weighted by Crippen LogP contribution is 2.39. The Kier molecular flexibility index (Phi) is 3.86. The zero-order valence-electron chi connectivity index (χ0n) is 11.7. The standard InChI is InChI=1S/C14H10BrFN2O4S/c1-17-23(20,21)8-2-3-11-10(6-8)18-14(19)13-9(16)4-7(15)5-12(13)22-11/h2-6,17H,1H3,(H,18,19). The van der Waals surface area contributed by atoms with Crippen molar-refractivity contribution in [3.63, 3.8) is 0 Å². The molecule has 1 aliphatic rings. The monoisotopic (exact) mass is 400 g/mol. The van der Waals surface area contributed by atoms with Crippen LogP contribution in [0.15, 0.2) is 39.7 Å². The van der Waals surface area contributed by atoms with Crippen LogP contribution >= 0.6 is 15.9 Å². The predicted octanol–water partition coefficient (Wildman–Crippen LogP) is 2.85. The number of ether oxygens (including phenoxy) is 1. The quantitative estimate of drug-likeness (QED) is 0.811. The molecule has 0 atom stereocenters. The van der Waals surface area contributed by atoms with Gasteiger partial charge in [0.25, 0.3) is 5.91 Å². The molecule has 23 heavy (non-hydrogen) atoms. The van der Waals surface area contributed by atoms with Crippen LogP contribution < -0.4 is 14.8 Å². The number of hydrogen-bond donors (Lipinski definition) is 2. The smallest absolute Gasteiger partial charge is 0.262 e. The minimum Gasteiger partial charge on any atom is -0.454 e. The molecule has 0 aliphatic carbocycles. The number of amides is 1. The highest BCUT2D eigenvalue weighted by Gasteiger charge is 2.26. The van der Waals surface area contributed by atoms with E-state index in [0.717, 1.165) is 6.07 Å². The third-order valence-corrected chi connectivity index (χ3v) is 5.11. The van der Waals surface area contributed by atoms with Crippen molar-refractivity contribution in [3.05, 3.63) is 46.2 Å². The number of nitrogens with one attached hydrogen (secondary N) is 2. The van der Waals surface area contributed by atoms with E-state index in [1.54, 1.807) is 0 Å². The lowest BCUT2D eigenvalue weighted by Crippen LogP contribution is -2.19. The summed E-state index contributed by atoms with van der Waals surface area (Å²) in [5, 5.41) is 2.46. The molecule has 0 bridgehead atoms. The van der Waals surface area contributed by atoms with Crippen molar-refractivity contribution in [2.75, 3.05) is 12.4 Å². The first-order chi connectivity index (χ1) is 10.8. The summed E-state index contributed by atoms with van der Waals surface area (Å²) in [4.78, 5) is 12.2. The Hall–Kier alpha value is -1.97. The molecule has 1 heterocycles. The number of rotatable bonds is 2. The minimum absolute atomic E-state index is 0.0392. The SMILES string of the molecule is CNS(=O)(=O)c1ccc2c(c1)NC(=O)c1c(F)cc(Br)cc1O2. The van der Waals surface area contributed by atoms with Gasteiger partial charge in [-0.1, -0.05) is 15.9 Å². The molecule has 2 aromatic carbocycles. The van der Waals surface area contributed by atoms with E-state index in [2.05, 4.69) is 26.0 Å². The summed E-state index contributed by atoms with van der Waals surface area (Å²) in [6, 6.07) is 6.59. The normalized spacial score (nSPS) is 13.4. The van der Waals surface area contributed by atoms with Crippen LogP contribution in [0, 0.1) is 5.82 Å². The molecule has 3 rings (SSSR count). The van der Waals surface area contributed by atoms with Gasteiger partial charge in [0.1, 0.15) is 17.1 Å². The summed E-state index contributed by atoms with van der Waals surface area (Å²) in [5.41, 5.74) is -0.111. The lowest BCUT2D eigenvalue weighted by molar-refractivity contribution is 0.102. The maximum absolute atomic E-state index is 14.0. The number of hydrogen-bond acceptors (Lipinski definition) is 4. The van der Waals surface area contributed by atoms with Gasteiger partial charge in [-0.15, -0.1) is 0 Å². The Labute approximate surface area is 139 Å². The maximum Gasteiger partial charge on any atom is 0.262 e. The zero-order valence-corrected chi connectivity index (χ0v) is 14.1. The summed E-state index contributed by atoms with van der Waals surface area (Å²) in [7, 11) is -2.41. The van der Waals surface area contributed by atoms with Crippen molar-refractivity contribution in [1.29, 1.82) is 0 Å². The minimum atomic E-state index is -3.68. The summed E-state index contributed by atoms with van der Waals surface area (Å²) in [6.07, 6.45) is 0. The fourth-order valence-electron chi connectivity index (χ4n) is 2.13. The van der Waals surface area contributed by atoms with Gasteiger partial charge in [-0.2, -0.15) is 0 Å². The molecule has 0 radical (unpaired) electrons. The third kappa shape index (κ3) is 2.82. The molecule has 1 amide bonds. The van der Waals surface area contributed by atoms with Crippen LogP contribution in [-0.2, 0) is 10.0 Å². The number of benzene rings is 2. The number of fused-ring (bicyclic) bond motifs is 2. The van der Waals surface area contributed by atoms with Gasteiger partial charge in [-0.25, -0.2) is 17.5 Å². The number of sulfonamides is 1. The van der Waals surface area contributed by atoms with Crippen LogP contribution in [0.2, 0.25) is 0 Å². The highest BCUT2D eigenvalue weighted by molar-refractivity contribution is 9.10. The lowest BCUT2D eigenvalue weighted by Gasteiger charge is -2.10. The van der Waals surface area contributed by atoms with Crippen molar-refractivity contribution in [2.24, 2.45) is 0 Å². The molecule has 0 spiro atoms. The molecule has 1 aliphatic heterocycles. The summed E-state index contributed by atoms with van der Waals surface area (Å²) in [5.74, 6) is -1.22. The fraction of sp³-hybridized carbons (Fsp3) is 0.0714. The zero-order chi connectivity index (χ0) is 16.8. The topological polar surface area (TPSA) is 84.5 Å². The van der Waals surface area contributed by atoms with E-state index < -0.39 is 21.7 Å². The van der Waals surface area contributed by atoms with Crippen LogP contribution in [0.3, 0.4) is 0 Å². The second-order valence-electron chi connectivity index (χ2n) is 4.68. The van der Waals surface area contributed by atoms with Crippen LogP contribution in [-0.4, -0.2) is 21.4 Å². The predicted molar refractivity (Wildman–Crippen MR) is 84.8 cm³/mol. The van der Waals surface area contributed by atoms with Crippen LogP contribution in [0.4, 0.5) is 10.1 Å². The van der Waals surface area contributed by atoms with Gasteiger partial charge >= 0.3 is 0 Å². The molecule has 0 saturated carbocycles. The van der Waals surface area contributed by atoms with E-state index >= 15 is 0 Å². The Bertz CT molecular complexity index is 931. The largest absolute Gasteiger partial charge is 0.454 e. The molecule has 6 nitrogen and oxygen atoms in total. The molecule has 2 N–H and O–H groups in total. The molecule has 9 heteroatoms. The van der Waals surface area contributed by atoms with E-state index in [1.807, 2.05) is 0 Å². The van der Waals surface area contributed by atoms with E-state index in [-0.39, 0.29) is 27.6 Å². The molecule has 2 aromatic rings. The van der Waals surface area contributed by atoms with Crippen molar-refractivity contribution in [3.8, 4) is 11.5 Å². The van der Waals surface area contributed by atoms with Crippen molar-refractivity contribution in [2.45, 2.75) is 4.90 Å². The van der Waals surface area contributed by atoms with Gasteiger partial charge in [-0.3, -0.25) is 4.79 Å². The second kappa shape index (κ2) is 5.59. The molecule has 0 aromatic heterocycles.